The molecule has 0 aliphatic carbocycles. The second kappa shape index (κ2) is 8.95. The molecule has 1 rings (SSSR count). The molecule has 0 radical (unpaired) electrons. The van der Waals surface area contributed by atoms with Gasteiger partial charge in [0.2, 0.25) is 0 Å². The number of benzene rings is 1. The first kappa shape index (κ1) is 21.8. The Balaban J connectivity index is 2.73. The topological polar surface area (TPSA) is 116 Å². The van der Waals surface area contributed by atoms with E-state index in [9.17, 15) is 23.3 Å². The molecule has 0 aliphatic rings. The zero-order valence-electron chi connectivity index (χ0n) is 15.3. The van der Waals surface area contributed by atoms with Crippen molar-refractivity contribution in [1.29, 1.82) is 0 Å². The van der Waals surface area contributed by atoms with E-state index in [-0.39, 0.29) is 25.4 Å². The molecule has 1 amide bonds. The van der Waals surface area contributed by atoms with Gasteiger partial charge in [-0.25, -0.2) is 4.79 Å². The molecule has 0 unspecified atom stereocenters. The number of ether oxygens (including phenoxy) is 1. The van der Waals surface area contributed by atoms with E-state index >= 15 is 0 Å². The lowest BCUT2D eigenvalue weighted by Crippen LogP contribution is -2.40. The Bertz CT molecular complexity index is 724. The molecule has 0 bridgehead atoms. The SMILES string of the molecule is CC(C)(C)OC(=O)N(CCOS(C)(=O)=O)CCc1ccc([N+](=O)[O-])cc1. The van der Waals surface area contributed by atoms with E-state index in [4.69, 9.17) is 4.74 Å². The van der Waals surface area contributed by atoms with Crippen molar-refractivity contribution in [2.45, 2.75) is 32.8 Å². The van der Waals surface area contributed by atoms with Gasteiger partial charge in [-0.2, -0.15) is 8.42 Å². The highest BCUT2D eigenvalue weighted by atomic mass is 32.2. The molecule has 1 aromatic carbocycles. The number of carbonyl (C=O) groups is 1. The molecule has 9 nitrogen and oxygen atoms in total. The van der Waals surface area contributed by atoms with Crippen molar-refractivity contribution in [2.75, 3.05) is 26.0 Å². The molecule has 26 heavy (non-hydrogen) atoms. The van der Waals surface area contributed by atoms with Crippen molar-refractivity contribution in [3.63, 3.8) is 0 Å². The van der Waals surface area contributed by atoms with Gasteiger partial charge in [0.15, 0.2) is 0 Å². The van der Waals surface area contributed by atoms with Crippen LogP contribution in [0.4, 0.5) is 10.5 Å². The molecule has 0 N–H and O–H groups in total. The lowest BCUT2D eigenvalue weighted by molar-refractivity contribution is -0.384. The minimum Gasteiger partial charge on any atom is -0.444 e. The first-order valence-corrected chi connectivity index (χ1v) is 9.75. The fraction of sp³-hybridized carbons (Fsp3) is 0.562. The van der Waals surface area contributed by atoms with Gasteiger partial charge in [-0.05, 0) is 32.8 Å². The Labute approximate surface area is 153 Å². The number of hydrogen-bond donors (Lipinski definition) is 0. The monoisotopic (exact) mass is 388 g/mol. The number of non-ortho nitro benzene ring substituents is 1. The first-order chi connectivity index (χ1) is 11.9. The van der Waals surface area contributed by atoms with E-state index < -0.39 is 26.7 Å². The van der Waals surface area contributed by atoms with Gasteiger partial charge in [-0.15, -0.1) is 0 Å². The molecule has 0 atom stereocenters. The molecule has 0 saturated heterocycles. The smallest absolute Gasteiger partial charge is 0.410 e. The van der Waals surface area contributed by atoms with Gasteiger partial charge in [-0.1, -0.05) is 12.1 Å². The molecule has 10 heteroatoms. The van der Waals surface area contributed by atoms with Crippen molar-refractivity contribution >= 4 is 21.9 Å². The number of rotatable bonds is 8. The lowest BCUT2D eigenvalue weighted by atomic mass is 10.1. The number of carbonyl (C=O) groups excluding carboxylic acids is 1. The molecule has 0 aliphatic heterocycles. The number of hydrogen-bond acceptors (Lipinski definition) is 7. The van der Waals surface area contributed by atoms with Crippen molar-refractivity contribution in [1.82, 2.24) is 4.90 Å². The Morgan fingerprint density at radius 3 is 2.23 bits per heavy atom. The van der Waals surface area contributed by atoms with E-state index in [2.05, 4.69) is 4.18 Å². The van der Waals surface area contributed by atoms with E-state index in [1.54, 1.807) is 32.9 Å². The molecule has 1 aromatic rings. The van der Waals surface area contributed by atoms with Crippen molar-refractivity contribution < 1.29 is 27.1 Å². The van der Waals surface area contributed by atoms with Crippen LogP contribution in [-0.4, -0.2) is 55.9 Å². The second-order valence-electron chi connectivity index (χ2n) is 6.67. The molecule has 146 valence electrons. The zero-order valence-corrected chi connectivity index (χ0v) is 16.1. The van der Waals surface area contributed by atoms with Gasteiger partial charge >= 0.3 is 6.09 Å². The highest BCUT2D eigenvalue weighted by molar-refractivity contribution is 7.85. The molecule has 0 saturated carbocycles. The maximum absolute atomic E-state index is 12.3. The molecule has 0 aromatic heterocycles. The standard InChI is InChI=1S/C16H24N2O7S/c1-16(2,3)25-15(19)17(11-12-24-26(4,22)23)10-9-13-5-7-14(8-6-13)18(20)21/h5-8H,9-12H2,1-4H3. The number of nitro groups is 1. The summed E-state index contributed by atoms with van der Waals surface area (Å²) in [4.78, 5) is 23.8. The average molecular weight is 388 g/mol. The summed E-state index contributed by atoms with van der Waals surface area (Å²) in [7, 11) is -3.60. The lowest BCUT2D eigenvalue weighted by Gasteiger charge is -2.27. The summed E-state index contributed by atoms with van der Waals surface area (Å²) in [5.41, 5.74) is 0.0906. The third kappa shape index (κ3) is 8.77. The normalized spacial score (nSPS) is 11.8. The predicted octanol–water partition coefficient (Wildman–Crippen LogP) is 2.35. The predicted molar refractivity (Wildman–Crippen MR) is 95.4 cm³/mol. The largest absolute Gasteiger partial charge is 0.444 e. The van der Waals surface area contributed by atoms with Crippen molar-refractivity contribution in [3.8, 4) is 0 Å². The van der Waals surface area contributed by atoms with Crippen LogP contribution in [-0.2, 0) is 25.5 Å². The summed E-state index contributed by atoms with van der Waals surface area (Å²) < 4.78 is 32.1. The quantitative estimate of drug-likeness (QED) is 0.381. The van der Waals surface area contributed by atoms with E-state index in [0.29, 0.717) is 6.42 Å². The fourth-order valence-electron chi connectivity index (χ4n) is 1.97. The second-order valence-corrected chi connectivity index (χ2v) is 8.31. The summed E-state index contributed by atoms with van der Waals surface area (Å²) in [5, 5.41) is 10.7. The highest BCUT2D eigenvalue weighted by Crippen LogP contribution is 2.14. The van der Waals surface area contributed by atoms with Gasteiger partial charge in [0.1, 0.15) is 5.60 Å². The average Bonchev–Trinajstić information content (AvgIpc) is 2.48. The Kier molecular flexibility index (Phi) is 7.52. The van der Waals surface area contributed by atoms with Crippen LogP contribution in [0.2, 0.25) is 0 Å². The summed E-state index contributed by atoms with van der Waals surface area (Å²) in [6.45, 7) is 5.29. The maximum Gasteiger partial charge on any atom is 0.410 e. The van der Waals surface area contributed by atoms with Crippen LogP contribution in [0.15, 0.2) is 24.3 Å². The summed E-state index contributed by atoms with van der Waals surface area (Å²) >= 11 is 0. The molecule has 0 spiro atoms. The summed E-state index contributed by atoms with van der Waals surface area (Å²) in [6.07, 6.45) is 0.772. The van der Waals surface area contributed by atoms with Crippen LogP contribution in [0.3, 0.4) is 0 Å². The number of amides is 1. The molecular formula is C16H24N2O7S. The Hall–Kier alpha value is -2.20. The Morgan fingerprint density at radius 2 is 1.77 bits per heavy atom. The van der Waals surface area contributed by atoms with Gasteiger partial charge in [-0.3, -0.25) is 14.3 Å². The third-order valence-corrected chi connectivity index (χ3v) is 3.72. The highest BCUT2D eigenvalue weighted by Gasteiger charge is 2.22. The van der Waals surface area contributed by atoms with Gasteiger partial charge in [0.05, 0.1) is 17.8 Å². The maximum atomic E-state index is 12.3. The Morgan fingerprint density at radius 1 is 1.19 bits per heavy atom. The minimum absolute atomic E-state index is 0.0145. The zero-order chi connectivity index (χ0) is 20.0. The van der Waals surface area contributed by atoms with Crippen LogP contribution in [0, 0.1) is 10.1 Å². The minimum atomic E-state index is -3.60. The van der Waals surface area contributed by atoms with E-state index in [1.807, 2.05) is 0 Å². The summed E-state index contributed by atoms with van der Waals surface area (Å²) in [5.74, 6) is 0. The van der Waals surface area contributed by atoms with Crippen LogP contribution in [0.1, 0.15) is 26.3 Å². The van der Waals surface area contributed by atoms with Gasteiger partial charge in [0, 0.05) is 25.2 Å². The van der Waals surface area contributed by atoms with Crippen LogP contribution < -0.4 is 0 Å². The third-order valence-electron chi connectivity index (χ3n) is 3.13. The van der Waals surface area contributed by atoms with Gasteiger partial charge in [0.25, 0.3) is 15.8 Å². The first-order valence-electron chi connectivity index (χ1n) is 7.93. The number of nitro benzene ring substituents is 1. The summed E-state index contributed by atoms with van der Waals surface area (Å²) in [6, 6.07) is 6.00. The molecule has 0 heterocycles. The number of nitrogens with zero attached hydrogens (tertiary/aromatic N) is 2. The van der Waals surface area contributed by atoms with E-state index in [1.165, 1.54) is 17.0 Å². The molecule has 0 fully saturated rings. The van der Waals surface area contributed by atoms with Crippen LogP contribution in [0.25, 0.3) is 0 Å². The van der Waals surface area contributed by atoms with E-state index in [0.717, 1.165) is 11.8 Å². The van der Waals surface area contributed by atoms with Crippen molar-refractivity contribution in [3.05, 3.63) is 39.9 Å². The van der Waals surface area contributed by atoms with Crippen LogP contribution in [0.5, 0.6) is 0 Å². The fourth-order valence-corrected chi connectivity index (χ4v) is 2.35. The molecular weight excluding hydrogens is 364 g/mol. The van der Waals surface area contributed by atoms with Crippen LogP contribution >= 0.6 is 0 Å². The van der Waals surface area contributed by atoms with Crippen molar-refractivity contribution in [2.24, 2.45) is 0 Å². The van der Waals surface area contributed by atoms with Gasteiger partial charge < -0.3 is 9.64 Å².